The third-order valence-corrected chi connectivity index (χ3v) is 2.01. The van der Waals surface area contributed by atoms with Crippen LogP contribution in [0, 0.1) is 0 Å². The molecular weight excluding hydrogens is 138 g/mol. The van der Waals surface area contributed by atoms with E-state index in [0.717, 1.165) is 25.9 Å². The number of rotatable bonds is 4. The molecule has 0 aromatic carbocycles. The van der Waals surface area contributed by atoms with Crippen molar-refractivity contribution in [2.45, 2.75) is 38.3 Å². The third-order valence-electron chi connectivity index (χ3n) is 2.01. The van der Waals surface area contributed by atoms with E-state index in [1.54, 1.807) is 0 Å². The Bertz CT molecular complexity index is 138. The van der Waals surface area contributed by atoms with Crippen molar-refractivity contribution >= 4 is 0 Å². The van der Waals surface area contributed by atoms with Crippen LogP contribution in [-0.2, 0) is 4.74 Å². The summed E-state index contributed by atoms with van der Waals surface area (Å²) in [4.78, 5) is 0. The van der Waals surface area contributed by atoms with Crippen molar-refractivity contribution in [2.24, 2.45) is 5.73 Å². The Hall–Kier alpha value is -0.340. The number of hydrogen-bond donors (Lipinski definition) is 1. The Morgan fingerprint density at radius 2 is 2.27 bits per heavy atom. The van der Waals surface area contributed by atoms with Gasteiger partial charge < -0.3 is 10.5 Å². The maximum Gasteiger partial charge on any atom is 0.0604 e. The van der Waals surface area contributed by atoms with E-state index >= 15 is 0 Å². The van der Waals surface area contributed by atoms with Gasteiger partial charge in [0.2, 0.25) is 0 Å². The van der Waals surface area contributed by atoms with Crippen molar-refractivity contribution in [2.75, 3.05) is 6.61 Å². The Balaban J connectivity index is 1.92. The summed E-state index contributed by atoms with van der Waals surface area (Å²) >= 11 is 0. The Labute approximate surface area is 68.4 Å². The fourth-order valence-corrected chi connectivity index (χ4v) is 1.14. The minimum absolute atomic E-state index is 0.393. The molecule has 1 saturated carbocycles. The maximum absolute atomic E-state index is 5.60. The lowest BCUT2D eigenvalue weighted by Gasteiger charge is -2.32. The second-order valence-electron chi connectivity index (χ2n) is 3.43. The second kappa shape index (κ2) is 3.88. The molecule has 0 radical (unpaired) electrons. The highest BCUT2D eigenvalue weighted by molar-refractivity contribution is 4.88. The van der Waals surface area contributed by atoms with Crippen LogP contribution in [0.2, 0.25) is 0 Å². The van der Waals surface area contributed by atoms with Crippen molar-refractivity contribution < 1.29 is 4.74 Å². The molecule has 1 aliphatic carbocycles. The van der Waals surface area contributed by atoms with Gasteiger partial charge in [-0.3, -0.25) is 0 Å². The zero-order chi connectivity index (χ0) is 8.27. The molecule has 0 unspecified atom stereocenters. The van der Waals surface area contributed by atoms with Crippen LogP contribution < -0.4 is 5.73 Å². The van der Waals surface area contributed by atoms with Gasteiger partial charge in [-0.05, 0) is 26.2 Å². The average Bonchev–Trinajstić information content (AvgIpc) is 1.83. The van der Waals surface area contributed by atoms with Crippen molar-refractivity contribution in [1.29, 1.82) is 0 Å². The van der Waals surface area contributed by atoms with Crippen LogP contribution in [0.4, 0.5) is 0 Å². The molecule has 2 nitrogen and oxygen atoms in total. The summed E-state index contributed by atoms with van der Waals surface area (Å²) in [5, 5.41) is 0. The molecule has 0 saturated heterocycles. The highest BCUT2D eigenvalue weighted by Crippen LogP contribution is 2.21. The molecule has 1 fully saturated rings. The lowest BCUT2D eigenvalue weighted by atomic mass is 9.90. The zero-order valence-corrected chi connectivity index (χ0v) is 7.18. The molecule has 0 spiro atoms. The molecule has 2 heteroatoms. The van der Waals surface area contributed by atoms with Gasteiger partial charge in [0, 0.05) is 6.04 Å². The molecule has 64 valence electrons. The standard InChI is InChI=1S/C9H17NO/c1-7(2)3-4-11-9-5-8(10)6-9/h8-9H,1,3-6,10H2,2H3. The lowest BCUT2D eigenvalue weighted by Crippen LogP contribution is -2.41. The summed E-state index contributed by atoms with van der Waals surface area (Å²) in [5.74, 6) is 0. The van der Waals surface area contributed by atoms with E-state index < -0.39 is 0 Å². The first-order chi connectivity index (χ1) is 5.18. The van der Waals surface area contributed by atoms with Crippen molar-refractivity contribution in [1.82, 2.24) is 0 Å². The predicted octanol–water partition coefficient (Wildman–Crippen LogP) is 1.46. The predicted molar refractivity (Wildman–Crippen MR) is 46.4 cm³/mol. The number of ether oxygens (including phenoxy) is 1. The summed E-state index contributed by atoms with van der Waals surface area (Å²) in [6.07, 6.45) is 3.49. The Kier molecular flexibility index (Phi) is 3.09. The smallest absolute Gasteiger partial charge is 0.0604 e. The molecule has 2 N–H and O–H groups in total. The molecule has 11 heavy (non-hydrogen) atoms. The van der Waals surface area contributed by atoms with Gasteiger partial charge in [0.05, 0.1) is 12.7 Å². The van der Waals surface area contributed by atoms with Gasteiger partial charge in [0.25, 0.3) is 0 Å². The SMILES string of the molecule is C=C(C)CCOC1CC(N)C1. The van der Waals surface area contributed by atoms with Gasteiger partial charge >= 0.3 is 0 Å². The average molecular weight is 155 g/mol. The molecule has 0 aliphatic heterocycles. The van der Waals surface area contributed by atoms with E-state index in [1.807, 2.05) is 6.92 Å². The van der Waals surface area contributed by atoms with E-state index in [2.05, 4.69) is 6.58 Å². The topological polar surface area (TPSA) is 35.2 Å². The van der Waals surface area contributed by atoms with Gasteiger partial charge in [-0.15, -0.1) is 6.58 Å². The van der Waals surface area contributed by atoms with Gasteiger partial charge in [-0.1, -0.05) is 5.57 Å². The van der Waals surface area contributed by atoms with Crippen LogP contribution in [0.3, 0.4) is 0 Å². The van der Waals surface area contributed by atoms with Crippen LogP contribution in [0.5, 0.6) is 0 Å². The van der Waals surface area contributed by atoms with Gasteiger partial charge in [-0.25, -0.2) is 0 Å². The maximum atomic E-state index is 5.60. The second-order valence-corrected chi connectivity index (χ2v) is 3.43. The van der Waals surface area contributed by atoms with Crippen molar-refractivity contribution in [3.05, 3.63) is 12.2 Å². The van der Waals surface area contributed by atoms with Crippen molar-refractivity contribution in [3.63, 3.8) is 0 Å². The van der Waals surface area contributed by atoms with Crippen LogP contribution in [0.25, 0.3) is 0 Å². The fraction of sp³-hybridized carbons (Fsp3) is 0.778. The van der Waals surface area contributed by atoms with Crippen LogP contribution in [-0.4, -0.2) is 18.8 Å². The normalized spacial score (nSPS) is 29.6. The first-order valence-electron chi connectivity index (χ1n) is 4.20. The number of nitrogens with two attached hydrogens (primary N) is 1. The fourth-order valence-electron chi connectivity index (χ4n) is 1.14. The quantitative estimate of drug-likeness (QED) is 0.624. The first-order valence-corrected chi connectivity index (χ1v) is 4.20. The molecule has 0 heterocycles. The lowest BCUT2D eigenvalue weighted by molar-refractivity contribution is -0.00656. The van der Waals surface area contributed by atoms with E-state index in [9.17, 15) is 0 Å². The molecule has 0 aromatic rings. The summed E-state index contributed by atoms with van der Waals surface area (Å²) < 4.78 is 5.52. The largest absolute Gasteiger partial charge is 0.378 e. The van der Waals surface area contributed by atoms with Gasteiger partial charge in [0.1, 0.15) is 0 Å². The highest BCUT2D eigenvalue weighted by Gasteiger charge is 2.25. The zero-order valence-electron chi connectivity index (χ0n) is 7.18. The minimum Gasteiger partial charge on any atom is -0.378 e. The van der Waals surface area contributed by atoms with E-state index in [-0.39, 0.29) is 0 Å². The van der Waals surface area contributed by atoms with Gasteiger partial charge in [-0.2, -0.15) is 0 Å². The molecule has 0 atom stereocenters. The molecule has 0 bridgehead atoms. The number of hydrogen-bond acceptors (Lipinski definition) is 2. The van der Waals surface area contributed by atoms with E-state index in [1.165, 1.54) is 5.57 Å². The van der Waals surface area contributed by atoms with Gasteiger partial charge in [0.15, 0.2) is 0 Å². The molecule has 1 aliphatic rings. The minimum atomic E-state index is 0.393. The van der Waals surface area contributed by atoms with Crippen LogP contribution in [0.1, 0.15) is 26.2 Å². The molecule has 1 rings (SSSR count). The molecular formula is C9H17NO. The molecule has 0 aromatic heterocycles. The summed E-state index contributed by atoms with van der Waals surface area (Å²) in [5.41, 5.74) is 6.79. The summed E-state index contributed by atoms with van der Waals surface area (Å²) in [6, 6.07) is 0.393. The van der Waals surface area contributed by atoms with Crippen LogP contribution in [0.15, 0.2) is 12.2 Å². The third kappa shape index (κ3) is 3.04. The Morgan fingerprint density at radius 1 is 1.64 bits per heavy atom. The van der Waals surface area contributed by atoms with E-state index in [4.69, 9.17) is 10.5 Å². The Morgan fingerprint density at radius 3 is 2.73 bits per heavy atom. The summed E-state index contributed by atoms with van der Waals surface area (Å²) in [6.45, 7) is 6.64. The monoisotopic (exact) mass is 155 g/mol. The highest BCUT2D eigenvalue weighted by atomic mass is 16.5. The van der Waals surface area contributed by atoms with E-state index in [0.29, 0.717) is 12.1 Å². The first kappa shape index (κ1) is 8.75. The van der Waals surface area contributed by atoms with Crippen LogP contribution >= 0.6 is 0 Å². The summed E-state index contributed by atoms with van der Waals surface area (Å²) in [7, 11) is 0. The molecule has 0 amide bonds. The van der Waals surface area contributed by atoms with Crippen molar-refractivity contribution in [3.8, 4) is 0 Å².